The van der Waals surface area contributed by atoms with Crippen molar-refractivity contribution in [3.05, 3.63) is 12.1 Å². The van der Waals surface area contributed by atoms with E-state index in [2.05, 4.69) is 24.1 Å². The fraction of sp³-hybridized carbons (Fsp3) is 0.696. The predicted molar refractivity (Wildman–Crippen MR) is 119 cm³/mol. The van der Waals surface area contributed by atoms with Gasteiger partial charge in [0.2, 0.25) is 5.75 Å². The van der Waals surface area contributed by atoms with Gasteiger partial charge in [-0.2, -0.15) is 0 Å². The van der Waals surface area contributed by atoms with Crippen molar-refractivity contribution in [3.8, 4) is 17.2 Å². The number of benzene rings is 1. The molecule has 1 N–H and O–H groups in total. The van der Waals surface area contributed by atoms with Crippen LogP contribution in [0.3, 0.4) is 0 Å². The molecule has 168 valence electrons. The number of anilines is 1. The number of methoxy groups -OCH3 is 3. The number of rotatable bonds is 6. The van der Waals surface area contributed by atoms with Crippen molar-refractivity contribution in [2.45, 2.75) is 33.1 Å². The maximum absolute atomic E-state index is 12.8. The first-order valence-electron chi connectivity index (χ1n) is 11.0. The number of hydrogen-bond donors (Lipinski definition) is 1. The van der Waals surface area contributed by atoms with Gasteiger partial charge in [-0.1, -0.05) is 13.8 Å². The number of carbonyl (C=O) groups is 1. The fourth-order valence-corrected chi connectivity index (χ4v) is 4.98. The van der Waals surface area contributed by atoms with Gasteiger partial charge in [-0.05, 0) is 37.0 Å². The highest BCUT2D eigenvalue weighted by Crippen LogP contribution is 2.40. The summed E-state index contributed by atoms with van der Waals surface area (Å²) in [6.07, 6.45) is 3.46. The summed E-state index contributed by atoms with van der Waals surface area (Å²) in [5.74, 6) is 3.82. The molecule has 2 saturated heterocycles. The molecule has 2 heterocycles. The molecule has 0 radical (unpaired) electrons. The second kappa shape index (κ2) is 10.2. The highest BCUT2D eigenvalue weighted by molar-refractivity contribution is 5.90. The maximum atomic E-state index is 12.8. The molecule has 2 amide bonds. The van der Waals surface area contributed by atoms with Crippen molar-refractivity contribution >= 4 is 11.7 Å². The number of hydrogen-bond acceptors (Lipinski definition) is 5. The molecule has 30 heavy (non-hydrogen) atoms. The number of carbonyl (C=O) groups excluding carboxylic acids is 1. The largest absolute Gasteiger partial charge is 0.493 e. The van der Waals surface area contributed by atoms with E-state index in [0.717, 1.165) is 44.3 Å². The van der Waals surface area contributed by atoms with E-state index in [0.29, 0.717) is 28.9 Å². The van der Waals surface area contributed by atoms with Crippen molar-refractivity contribution in [2.24, 2.45) is 17.8 Å². The average Bonchev–Trinajstić information content (AvgIpc) is 2.72. The van der Waals surface area contributed by atoms with Crippen molar-refractivity contribution in [1.29, 1.82) is 0 Å². The standard InChI is InChI=1S/C23H37N3O4/c1-16-10-17(2)14-25(13-16)15-18-6-8-26(9-7-18)23(27)24-19-11-20(28-3)22(30-5)21(12-19)29-4/h11-12,16-18H,6-10,13-15H2,1-5H3,(H,24,27)/t16-,17-/m0/s1. The molecule has 0 saturated carbocycles. The number of nitrogens with zero attached hydrogens (tertiary/aromatic N) is 2. The van der Waals surface area contributed by atoms with Crippen LogP contribution in [0.15, 0.2) is 12.1 Å². The molecule has 0 spiro atoms. The summed E-state index contributed by atoms with van der Waals surface area (Å²) >= 11 is 0. The normalized spacial score (nSPS) is 23.2. The van der Waals surface area contributed by atoms with Gasteiger partial charge in [0.15, 0.2) is 11.5 Å². The van der Waals surface area contributed by atoms with E-state index >= 15 is 0 Å². The summed E-state index contributed by atoms with van der Waals surface area (Å²) in [4.78, 5) is 17.3. The molecular formula is C23H37N3O4. The minimum Gasteiger partial charge on any atom is -0.493 e. The van der Waals surface area contributed by atoms with Gasteiger partial charge in [0.05, 0.1) is 27.0 Å². The van der Waals surface area contributed by atoms with Gasteiger partial charge in [-0.15, -0.1) is 0 Å². The van der Waals surface area contributed by atoms with E-state index < -0.39 is 0 Å². The van der Waals surface area contributed by atoms with Crippen molar-refractivity contribution in [1.82, 2.24) is 9.80 Å². The van der Waals surface area contributed by atoms with Crippen LogP contribution in [-0.4, -0.2) is 69.9 Å². The number of likely N-dealkylation sites (tertiary alicyclic amines) is 2. The van der Waals surface area contributed by atoms with Crippen LogP contribution in [0.1, 0.15) is 33.1 Å². The summed E-state index contributed by atoms with van der Waals surface area (Å²) in [6.45, 7) is 9.90. The summed E-state index contributed by atoms with van der Waals surface area (Å²) in [5.41, 5.74) is 0.632. The van der Waals surface area contributed by atoms with Gasteiger partial charge in [-0.3, -0.25) is 0 Å². The maximum Gasteiger partial charge on any atom is 0.321 e. The Morgan fingerprint density at radius 2 is 1.57 bits per heavy atom. The minimum absolute atomic E-state index is 0.0806. The molecule has 2 fully saturated rings. The Morgan fingerprint density at radius 1 is 1.00 bits per heavy atom. The quantitative estimate of drug-likeness (QED) is 0.757. The van der Waals surface area contributed by atoms with Crippen LogP contribution in [0.2, 0.25) is 0 Å². The van der Waals surface area contributed by atoms with Crippen molar-refractivity contribution in [3.63, 3.8) is 0 Å². The predicted octanol–water partition coefficient (Wildman–Crippen LogP) is 3.93. The lowest BCUT2D eigenvalue weighted by Gasteiger charge is -2.39. The van der Waals surface area contributed by atoms with Crippen molar-refractivity contribution < 1.29 is 19.0 Å². The Morgan fingerprint density at radius 3 is 2.07 bits per heavy atom. The van der Waals surface area contributed by atoms with E-state index in [1.165, 1.54) is 19.5 Å². The summed E-state index contributed by atoms with van der Waals surface area (Å²) in [5, 5.41) is 2.98. The lowest BCUT2D eigenvalue weighted by atomic mass is 9.89. The summed E-state index contributed by atoms with van der Waals surface area (Å²) in [6, 6.07) is 3.43. The molecule has 2 atom stereocenters. The third kappa shape index (κ3) is 5.50. The zero-order valence-electron chi connectivity index (χ0n) is 19.1. The van der Waals surface area contributed by atoms with E-state index in [-0.39, 0.29) is 6.03 Å². The molecule has 1 aromatic rings. The summed E-state index contributed by atoms with van der Waals surface area (Å²) < 4.78 is 16.1. The molecule has 2 aliphatic rings. The van der Waals surface area contributed by atoms with E-state index in [4.69, 9.17) is 14.2 Å². The van der Waals surface area contributed by atoms with Crippen LogP contribution < -0.4 is 19.5 Å². The van der Waals surface area contributed by atoms with Crippen LogP contribution in [0.5, 0.6) is 17.2 Å². The van der Waals surface area contributed by atoms with Gasteiger partial charge in [0, 0.05) is 44.9 Å². The Balaban J connectivity index is 1.53. The zero-order valence-corrected chi connectivity index (χ0v) is 19.1. The summed E-state index contributed by atoms with van der Waals surface area (Å²) in [7, 11) is 4.70. The average molecular weight is 420 g/mol. The smallest absolute Gasteiger partial charge is 0.321 e. The lowest BCUT2D eigenvalue weighted by molar-refractivity contribution is 0.101. The number of piperidine rings is 2. The zero-order chi connectivity index (χ0) is 21.7. The third-order valence-electron chi connectivity index (χ3n) is 6.28. The number of ether oxygens (including phenoxy) is 3. The molecule has 7 heteroatoms. The monoisotopic (exact) mass is 419 g/mol. The Kier molecular flexibility index (Phi) is 7.69. The lowest BCUT2D eigenvalue weighted by Crippen LogP contribution is -2.46. The first kappa shape index (κ1) is 22.5. The highest BCUT2D eigenvalue weighted by atomic mass is 16.5. The fourth-order valence-electron chi connectivity index (χ4n) is 4.98. The molecule has 2 aliphatic heterocycles. The molecule has 0 bridgehead atoms. The molecular weight excluding hydrogens is 382 g/mol. The van der Waals surface area contributed by atoms with Gasteiger partial charge in [-0.25, -0.2) is 4.79 Å². The number of amides is 2. The molecule has 7 nitrogen and oxygen atoms in total. The first-order chi connectivity index (χ1) is 14.4. The molecule has 3 rings (SSSR count). The van der Waals surface area contributed by atoms with E-state index in [1.54, 1.807) is 33.5 Å². The molecule has 1 aromatic carbocycles. The van der Waals surface area contributed by atoms with Gasteiger partial charge in [0.1, 0.15) is 0 Å². The number of nitrogens with one attached hydrogen (secondary N) is 1. The Hall–Kier alpha value is -2.15. The van der Waals surface area contributed by atoms with Gasteiger partial charge < -0.3 is 29.3 Å². The van der Waals surface area contributed by atoms with Crippen LogP contribution in [0.4, 0.5) is 10.5 Å². The van der Waals surface area contributed by atoms with E-state index in [1.807, 2.05) is 4.90 Å². The van der Waals surface area contributed by atoms with Crippen LogP contribution in [-0.2, 0) is 0 Å². The van der Waals surface area contributed by atoms with E-state index in [9.17, 15) is 4.79 Å². The molecule has 0 unspecified atom stereocenters. The Bertz CT molecular complexity index is 683. The minimum atomic E-state index is -0.0806. The number of urea groups is 1. The first-order valence-corrected chi connectivity index (χ1v) is 11.0. The van der Waals surface area contributed by atoms with Crippen LogP contribution in [0, 0.1) is 17.8 Å². The van der Waals surface area contributed by atoms with Gasteiger partial charge in [0.25, 0.3) is 0 Å². The third-order valence-corrected chi connectivity index (χ3v) is 6.28. The molecule has 0 aromatic heterocycles. The second-order valence-electron chi connectivity index (χ2n) is 8.94. The SMILES string of the molecule is COc1cc(NC(=O)N2CCC(CN3C[C@@H](C)C[C@H](C)C3)CC2)cc(OC)c1OC. The Labute approximate surface area is 180 Å². The highest BCUT2D eigenvalue weighted by Gasteiger charge is 2.28. The van der Waals surface area contributed by atoms with Crippen LogP contribution >= 0.6 is 0 Å². The van der Waals surface area contributed by atoms with Crippen molar-refractivity contribution in [2.75, 3.05) is 59.4 Å². The molecule has 0 aliphatic carbocycles. The topological polar surface area (TPSA) is 63.3 Å². The van der Waals surface area contributed by atoms with Gasteiger partial charge >= 0.3 is 6.03 Å². The second-order valence-corrected chi connectivity index (χ2v) is 8.94. The van der Waals surface area contributed by atoms with Crippen LogP contribution in [0.25, 0.3) is 0 Å².